The number of hydrogen-bond acceptors (Lipinski definition) is 4. The highest BCUT2D eigenvalue weighted by molar-refractivity contribution is 7.87. The summed E-state index contributed by atoms with van der Waals surface area (Å²) in [6.45, 7) is 9.55. The molecule has 0 atom stereocenters. The number of ether oxygens (including phenoxy) is 1. The van der Waals surface area contributed by atoms with E-state index in [1.807, 2.05) is 33.8 Å². The standard InChI is InChI=1S/C19H22O4S/c1-12-13(2)18(14(3)16-11-19(4,5)22-17(12)16)24(20,21)23-15-9-7-6-8-10-15/h6-10H,11H2,1-5H3. The average Bonchev–Trinajstić information content (AvgIpc) is 2.82. The predicted molar refractivity (Wildman–Crippen MR) is 93.3 cm³/mol. The van der Waals surface area contributed by atoms with Gasteiger partial charge in [0.05, 0.1) is 0 Å². The van der Waals surface area contributed by atoms with Crippen molar-refractivity contribution < 1.29 is 17.3 Å². The fraction of sp³-hybridized carbons (Fsp3) is 0.368. The largest absolute Gasteiger partial charge is 0.487 e. The van der Waals surface area contributed by atoms with Gasteiger partial charge in [-0.1, -0.05) is 18.2 Å². The molecule has 2 aromatic carbocycles. The summed E-state index contributed by atoms with van der Waals surface area (Å²) in [5.41, 5.74) is 2.89. The highest BCUT2D eigenvalue weighted by Crippen LogP contribution is 2.44. The van der Waals surface area contributed by atoms with Crippen molar-refractivity contribution in [1.29, 1.82) is 0 Å². The van der Waals surface area contributed by atoms with E-state index in [9.17, 15) is 8.42 Å². The van der Waals surface area contributed by atoms with Crippen LogP contribution in [-0.4, -0.2) is 14.0 Å². The van der Waals surface area contributed by atoms with E-state index in [2.05, 4.69) is 0 Å². The summed E-state index contributed by atoms with van der Waals surface area (Å²) >= 11 is 0. The molecule has 0 saturated carbocycles. The van der Waals surface area contributed by atoms with Crippen LogP contribution in [0.1, 0.15) is 36.1 Å². The van der Waals surface area contributed by atoms with Crippen LogP contribution in [0.2, 0.25) is 0 Å². The summed E-state index contributed by atoms with van der Waals surface area (Å²) in [5.74, 6) is 1.12. The molecule has 3 rings (SSSR count). The third-order valence-electron chi connectivity index (χ3n) is 4.49. The molecule has 0 bridgehead atoms. The Balaban J connectivity index is 2.14. The summed E-state index contributed by atoms with van der Waals surface area (Å²) in [6, 6.07) is 8.57. The topological polar surface area (TPSA) is 52.6 Å². The van der Waals surface area contributed by atoms with Crippen LogP contribution in [0.5, 0.6) is 11.5 Å². The second-order valence-electron chi connectivity index (χ2n) is 6.90. The van der Waals surface area contributed by atoms with Gasteiger partial charge in [-0.2, -0.15) is 8.42 Å². The molecule has 0 spiro atoms. The fourth-order valence-corrected chi connectivity index (χ4v) is 4.74. The number of hydrogen-bond donors (Lipinski definition) is 0. The molecule has 0 unspecified atom stereocenters. The first-order chi connectivity index (χ1) is 11.1. The summed E-state index contributed by atoms with van der Waals surface area (Å²) in [6.07, 6.45) is 0.684. The SMILES string of the molecule is Cc1c(C)c(S(=O)(=O)Oc2ccccc2)c(C)c2c1OC(C)(C)C2. The smallest absolute Gasteiger partial charge is 0.339 e. The molecule has 24 heavy (non-hydrogen) atoms. The minimum absolute atomic E-state index is 0.254. The van der Waals surface area contributed by atoms with Gasteiger partial charge >= 0.3 is 10.1 Å². The van der Waals surface area contributed by atoms with Gasteiger partial charge < -0.3 is 8.92 Å². The van der Waals surface area contributed by atoms with E-state index < -0.39 is 10.1 Å². The number of para-hydroxylation sites is 1. The molecule has 0 radical (unpaired) electrons. The zero-order valence-electron chi connectivity index (χ0n) is 14.6. The molecule has 2 aromatic rings. The van der Waals surface area contributed by atoms with Crippen LogP contribution < -0.4 is 8.92 Å². The van der Waals surface area contributed by atoms with Gasteiger partial charge in [0.25, 0.3) is 0 Å². The van der Waals surface area contributed by atoms with E-state index in [0.29, 0.717) is 17.7 Å². The second kappa shape index (κ2) is 5.52. The van der Waals surface area contributed by atoms with Gasteiger partial charge in [0, 0.05) is 12.0 Å². The van der Waals surface area contributed by atoms with Gasteiger partial charge in [0.15, 0.2) is 0 Å². The van der Waals surface area contributed by atoms with Crippen LogP contribution >= 0.6 is 0 Å². The Morgan fingerprint density at radius 1 is 1.00 bits per heavy atom. The van der Waals surface area contributed by atoms with Crippen molar-refractivity contribution >= 4 is 10.1 Å². The van der Waals surface area contributed by atoms with Crippen molar-refractivity contribution in [2.45, 2.75) is 51.5 Å². The van der Waals surface area contributed by atoms with E-state index in [1.165, 1.54) is 0 Å². The van der Waals surface area contributed by atoms with Crippen molar-refractivity contribution in [3.8, 4) is 11.5 Å². The Hall–Kier alpha value is -2.01. The van der Waals surface area contributed by atoms with Crippen LogP contribution in [0.15, 0.2) is 35.2 Å². The monoisotopic (exact) mass is 346 g/mol. The van der Waals surface area contributed by atoms with E-state index in [4.69, 9.17) is 8.92 Å². The minimum Gasteiger partial charge on any atom is -0.487 e. The quantitative estimate of drug-likeness (QED) is 0.786. The maximum Gasteiger partial charge on any atom is 0.339 e. The molecule has 0 N–H and O–H groups in total. The number of rotatable bonds is 3. The molecular formula is C19H22O4S. The van der Waals surface area contributed by atoms with Crippen molar-refractivity contribution in [2.75, 3.05) is 0 Å². The molecule has 1 aliphatic heterocycles. The summed E-state index contributed by atoms with van der Waals surface area (Å²) in [4.78, 5) is 0.254. The maximum atomic E-state index is 12.9. The minimum atomic E-state index is -3.91. The van der Waals surface area contributed by atoms with E-state index in [1.54, 1.807) is 31.2 Å². The van der Waals surface area contributed by atoms with Crippen molar-refractivity contribution in [1.82, 2.24) is 0 Å². The van der Waals surface area contributed by atoms with Gasteiger partial charge in [-0.15, -0.1) is 0 Å². The molecule has 4 nitrogen and oxygen atoms in total. The summed E-state index contributed by atoms with van der Waals surface area (Å²) in [5, 5.41) is 0. The Kier molecular flexibility index (Phi) is 3.87. The zero-order valence-corrected chi connectivity index (χ0v) is 15.5. The van der Waals surface area contributed by atoms with Crippen molar-refractivity contribution in [3.63, 3.8) is 0 Å². The van der Waals surface area contributed by atoms with Crippen LogP contribution in [0.3, 0.4) is 0 Å². The lowest BCUT2D eigenvalue weighted by atomic mass is 9.94. The molecular weight excluding hydrogens is 324 g/mol. The fourth-order valence-electron chi connectivity index (χ4n) is 3.26. The van der Waals surface area contributed by atoms with Crippen LogP contribution in [0, 0.1) is 20.8 Å². The second-order valence-corrected chi connectivity index (χ2v) is 8.38. The first-order valence-electron chi connectivity index (χ1n) is 7.93. The van der Waals surface area contributed by atoms with Crippen LogP contribution in [0.25, 0.3) is 0 Å². The molecule has 0 aliphatic carbocycles. The highest BCUT2D eigenvalue weighted by atomic mass is 32.2. The normalized spacial score (nSPS) is 15.7. The first kappa shape index (κ1) is 16.8. The van der Waals surface area contributed by atoms with Crippen LogP contribution in [-0.2, 0) is 16.5 Å². The van der Waals surface area contributed by atoms with E-state index >= 15 is 0 Å². The van der Waals surface area contributed by atoms with Crippen LogP contribution in [0.4, 0.5) is 0 Å². The predicted octanol–water partition coefficient (Wildman–Crippen LogP) is 4.09. The Morgan fingerprint density at radius 3 is 2.25 bits per heavy atom. The molecule has 0 fully saturated rings. The Morgan fingerprint density at radius 2 is 1.62 bits per heavy atom. The summed E-state index contributed by atoms with van der Waals surface area (Å²) in [7, 11) is -3.91. The average molecular weight is 346 g/mol. The molecule has 1 aliphatic rings. The first-order valence-corrected chi connectivity index (χ1v) is 9.34. The van der Waals surface area contributed by atoms with Crippen molar-refractivity contribution in [2.24, 2.45) is 0 Å². The third-order valence-corrected chi connectivity index (χ3v) is 6.02. The lowest BCUT2D eigenvalue weighted by Gasteiger charge is -2.19. The van der Waals surface area contributed by atoms with Crippen molar-refractivity contribution in [3.05, 3.63) is 52.6 Å². The summed E-state index contributed by atoms with van der Waals surface area (Å²) < 4.78 is 37.2. The molecule has 0 saturated heterocycles. The third kappa shape index (κ3) is 2.77. The number of benzene rings is 2. The van der Waals surface area contributed by atoms with Gasteiger partial charge in [-0.3, -0.25) is 0 Å². The Labute approximate surface area is 143 Å². The van der Waals surface area contributed by atoms with Gasteiger partial charge in [-0.05, 0) is 63.4 Å². The maximum absolute atomic E-state index is 12.9. The van der Waals surface area contributed by atoms with E-state index in [-0.39, 0.29) is 10.5 Å². The van der Waals surface area contributed by atoms with Gasteiger partial charge in [0.1, 0.15) is 22.0 Å². The van der Waals surface area contributed by atoms with Gasteiger partial charge in [0.2, 0.25) is 0 Å². The lowest BCUT2D eigenvalue weighted by molar-refractivity contribution is 0.137. The highest BCUT2D eigenvalue weighted by Gasteiger charge is 2.37. The molecule has 5 heteroatoms. The lowest BCUT2D eigenvalue weighted by Crippen LogP contribution is -2.24. The zero-order chi connectivity index (χ0) is 17.7. The Bertz CT molecular complexity index is 897. The molecule has 0 amide bonds. The molecule has 0 aromatic heterocycles. The molecule has 1 heterocycles. The van der Waals surface area contributed by atoms with Gasteiger partial charge in [-0.25, -0.2) is 0 Å². The van der Waals surface area contributed by atoms with E-state index in [0.717, 1.165) is 22.4 Å². The number of fused-ring (bicyclic) bond motifs is 1. The molecule has 128 valence electrons.